The van der Waals surface area contributed by atoms with Crippen molar-refractivity contribution in [2.75, 3.05) is 40.0 Å². The van der Waals surface area contributed by atoms with Gasteiger partial charge in [-0.2, -0.15) is 0 Å². The van der Waals surface area contributed by atoms with Crippen LogP contribution < -0.4 is 9.47 Å². The highest BCUT2D eigenvalue weighted by atomic mass is 16.5. The maximum absolute atomic E-state index is 13.1. The first kappa shape index (κ1) is 26.4. The van der Waals surface area contributed by atoms with Gasteiger partial charge in [-0.15, -0.1) is 5.10 Å². The summed E-state index contributed by atoms with van der Waals surface area (Å²) in [6.45, 7) is 8.08. The zero-order valence-electron chi connectivity index (χ0n) is 21.6. The summed E-state index contributed by atoms with van der Waals surface area (Å²) in [6.07, 6.45) is 3.51. The molecule has 2 aliphatic rings. The van der Waals surface area contributed by atoms with Gasteiger partial charge in [-0.1, -0.05) is 24.3 Å². The second-order valence-corrected chi connectivity index (χ2v) is 9.95. The second-order valence-electron chi connectivity index (χ2n) is 9.95. The number of carbonyl (C=O) groups is 1. The summed E-state index contributed by atoms with van der Waals surface area (Å²) in [5.74, 6) is 1.70. The summed E-state index contributed by atoms with van der Waals surface area (Å²) < 4.78 is 20.1. The summed E-state index contributed by atoms with van der Waals surface area (Å²) in [5, 5.41) is 18.0. The predicted molar refractivity (Wildman–Crippen MR) is 134 cm³/mol. The van der Waals surface area contributed by atoms with Crippen LogP contribution in [0.1, 0.15) is 44.4 Å². The quantitative estimate of drug-likeness (QED) is 0.642. The van der Waals surface area contributed by atoms with E-state index in [2.05, 4.69) is 35.2 Å². The van der Waals surface area contributed by atoms with Crippen LogP contribution in [0.4, 0.5) is 0 Å². The molecule has 2 aromatic rings. The second kappa shape index (κ2) is 12.5. The highest BCUT2D eigenvalue weighted by Gasteiger charge is 2.28. The minimum atomic E-state index is -0.250. The Bertz CT molecular complexity index is 999. The van der Waals surface area contributed by atoms with Crippen LogP contribution in [-0.2, 0) is 29.2 Å². The smallest absolute Gasteiger partial charge is 0.222 e. The van der Waals surface area contributed by atoms with Gasteiger partial charge in [-0.05, 0) is 26.5 Å². The Kier molecular flexibility index (Phi) is 9.17. The first-order valence-electron chi connectivity index (χ1n) is 12.9. The van der Waals surface area contributed by atoms with Gasteiger partial charge < -0.3 is 24.2 Å². The van der Waals surface area contributed by atoms with E-state index in [1.165, 1.54) is 0 Å². The van der Waals surface area contributed by atoms with Gasteiger partial charge in [0.15, 0.2) is 11.5 Å². The number of aryl methyl sites for hydroxylation is 1. The Morgan fingerprint density at radius 3 is 2.92 bits per heavy atom. The molecule has 0 unspecified atom stereocenters. The lowest BCUT2D eigenvalue weighted by molar-refractivity contribution is -0.136. The van der Waals surface area contributed by atoms with Gasteiger partial charge in [0.25, 0.3) is 0 Å². The Morgan fingerprint density at radius 1 is 1.25 bits per heavy atom. The number of amides is 1. The summed E-state index contributed by atoms with van der Waals surface area (Å²) in [7, 11) is 2.06. The largest absolute Gasteiger partial charge is 0.490 e. The van der Waals surface area contributed by atoms with Crippen molar-refractivity contribution >= 4 is 5.91 Å². The number of rotatable bonds is 6. The van der Waals surface area contributed by atoms with Crippen molar-refractivity contribution in [3.8, 4) is 11.5 Å². The number of benzene rings is 1. The third-order valence-corrected chi connectivity index (χ3v) is 6.92. The van der Waals surface area contributed by atoms with Crippen LogP contribution in [0.5, 0.6) is 11.5 Å². The Labute approximate surface area is 213 Å². The van der Waals surface area contributed by atoms with Crippen LogP contribution in [0.2, 0.25) is 0 Å². The van der Waals surface area contributed by atoms with Gasteiger partial charge in [-0.25, -0.2) is 4.68 Å². The molecule has 1 amide bonds. The third-order valence-electron chi connectivity index (χ3n) is 6.92. The fourth-order valence-electron chi connectivity index (χ4n) is 4.79. The van der Waals surface area contributed by atoms with E-state index < -0.39 is 0 Å². The van der Waals surface area contributed by atoms with E-state index in [-0.39, 0.29) is 30.6 Å². The first-order chi connectivity index (χ1) is 17.5. The summed E-state index contributed by atoms with van der Waals surface area (Å²) >= 11 is 0. The van der Waals surface area contributed by atoms with Gasteiger partial charge in [0.2, 0.25) is 5.91 Å². The molecule has 36 heavy (non-hydrogen) atoms. The van der Waals surface area contributed by atoms with Crippen LogP contribution in [0, 0.1) is 5.92 Å². The number of fused-ring (bicyclic) bond motifs is 2. The van der Waals surface area contributed by atoms with E-state index in [1.807, 2.05) is 23.7 Å². The number of aromatic nitrogens is 3. The van der Waals surface area contributed by atoms with Gasteiger partial charge in [0.1, 0.15) is 0 Å². The number of ether oxygens (including phenoxy) is 3. The molecule has 4 rings (SSSR count). The molecule has 3 atom stereocenters. The summed E-state index contributed by atoms with van der Waals surface area (Å²) in [6, 6.07) is 5.77. The van der Waals surface area contributed by atoms with Gasteiger partial charge in [-0.3, -0.25) is 9.69 Å². The predicted octanol–water partition coefficient (Wildman–Crippen LogP) is 2.10. The molecule has 2 aliphatic heterocycles. The van der Waals surface area contributed by atoms with Crippen molar-refractivity contribution in [2.45, 2.75) is 65.0 Å². The highest BCUT2D eigenvalue weighted by molar-refractivity contribution is 5.76. The number of aliphatic hydroxyl groups is 1. The maximum atomic E-state index is 13.1. The lowest BCUT2D eigenvalue weighted by atomic mass is 10.0. The molecule has 0 bridgehead atoms. The SMILES string of the molecule is C[C@@H]1CN([C@@H](C)CO)C(=O)CCCn2nncc2CO[C@H]1CN(C)Cc1cccc2c1OCCCO2. The number of hydrogen-bond acceptors (Lipinski definition) is 8. The molecule has 1 aromatic carbocycles. The number of para-hydroxylation sites is 1. The molecule has 10 nitrogen and oxygen atoms in total. The minimum absolute atomic E-state index is 0.0432. The average molecular weight is 502 g/mol. The molecular formula is C26H39N5O5. The highest BCUT2D eigenvalue weighted by Crippen LogP contribution is 2.34. The zero-order chi connectivity index (χ0) is 25.5. The molecule has 0 fully saturated rings. The number of hydrogen-bond donors (Lipinski definition) is 1. The van der Waals surface area contributed by atoms with E-state index in [1.54, 1.807) is 11.1 Å². The van der Waals surface area contributed by atoms with Crippen molar-refractivity contribution in [1.82, 2.24) is 24.8 Å². The molecule has 0 aliphatic carbocycles. The third kappa shape index (κ3) is 6.54. The lowest BCUT2D eigenvalue weighted by Crippen LogP contribution is -2.47. The van der Waals surface area contributed by atoms with Crippen LogP contribution in [0.3, 0.4) is 0 Å². The van der Waals surface area contributed by atoms with E-state index in [4.69, 9.17) is 14.2 Å². The molecule has 0 spiro atoms. The fraction of sp³-hybridized carbons (Fsp3) is 0.654. The van der Waals surface area contributed by atoms with Crippen LogP contribution in [0.25, 0.3) is 0 Å². The van der Waals surface area contributed by atoms with Crippen LogP contribution in [0.15, 0.2) is 24.4 Å². The number of nitrogens with zero attached hydrogens (tertiary/aromatic N) is 5. The topological polar surface area (TPSA) is 102 Å². The molecule has 198 valence electrons. The summed E-state index contributed by atoms with van der Waals surface area (Å²) in [5.41, 5.74) is 1.98. The van der Waals surface area contributed by atoms with Crippen LogP contribution >= 0.6 is 0 Å². The number of aliphatic hydroxyl groups excluding tert-OH is 1. The molecule has 10 heteroatoms. The van der Waals surface area contributed by atoms with E-state index in [0.29, 0.717) is 58.8 Å². The minimum Gasteiger partial charge on any atom is -0.490 e. The summed E-state index contributed by atoms with van der Waals surface area (Å²) in [4.78, 5) is 17.1. The Balaban J connectivity index is 1.51. The first-order valence-corrected chi connectivity index (χ1v) is 12.9. The molecule has 1 aromatic heterocycles. The van der Waals surface area contributed by atoms with Crippen molar-refractivity contribution in [3.05, 3.63) is 35.7 Å². The van der Waals surface area contributed by atoms with Crippen LogP contribution in [-0.4, -0.2) is 87.9 Å². The standard InChI is InChI=1S/C26H39N5O5/c1-19-14-30(20(2)17-32)25(33)9-5-10-31-22(13-27-28-31)18-36-24(19)16-29(3)15-21-7-4-8-23-26(21)35-12-6-11-34-23/h4,7-8,13,19-20,24,32H,5-6,9-12,14-18H2,1-3H3/t19-,20+,24+/m1/s1. The molecule has 0 saturated carbocycles. The zero-order valence-corrected chi connectivity index (χ0v) is 21.6. The van der Waals surface area contributed by atoms with Crippen molar-refractivity contribution in [1.29, 1.82) is 0 Å². The van der Waals surface area contributed by atoms with Gasteiger partial charge in [0, 0.05) is 50.5 Å². The lowest BCUT2D eigenvalue weighted by Gasteiger charge is -2.35. The van der Waals surface area contributed by atoms with Crippen molar-refractivity contribution in [3.63, 3.8) is 0 Å². The maximum Gasteiger partial charge on any atom is 0.222 e. The van der Waals surface area contributed by atoms with E-state index in [0.717, 1.165) is 29.2 Å². The van der Waals surface area contributed by atoms with E-state index in [9.17, 15) is 9.90 Å². The fourth-order valence-corrected chi connectivity index (χ4v) is 4.79. The van der Waals surface area contributed by atoms with Gasteiger partial charge >= 0.3 is 0 Å². The molecule has 1 N–H and O–H groups in total. The van der Waals surface area contributed by atoms with Gasteiger partial charge in [0.05, 0.1) is 50.5 Å². The molecule has 3 heterocycles. The normalized spacial score (nSPS) is 22.4. The van der Waals surface area contributed by atoms with Crippen molar-refractivity contribution in [2.24, 2.45) is 5.92 Å². The Morgan fingerprint density at radius 2 is 2.08 bits per heavy atom. The average Bonchev–Trinajstić information content (AvgIpc) is 3.16. The number of carbonyl (C=O) groups excluding carboxylic acids is 1. The monoisotopic (exact) mass is 501 g/mol. The van der Waals surface area contributed by atoms with Crippen molar-refractivity contribution < 1.29 is 24.1 Å². The molecule has 0 radical (unpaired) electrons. The molecule has 0 saturated heterocycles. The Hall–Kier alpha value is -2.69. The number of likely N-dealkylation sites (N-methyl/N-ethyl adjacent to an activating group) is 1. The molecular weight excluding hydrogens is 462 g/mol. The van der Waals surface area contributed by atoms with E-state index >= 15 is 0 Å².